The number of halogens is 1. The zero-order valence-electron chi connectivity index (χ0n) is 23.0. The number of rotatable bonds is 8. The molecule has 1 aliphatic heterocycles. The minimum absolute atomic E-state index is 0.00802. The second kappa shape index (κ2) is 12.4. The highest BCUT2D eigenvalue weighted by Gasteiger charge is 2.44. The number of ketones is 1. The summed E-state index contributed by atoms with van der Waals surface area (Å²) in [6, 6.07) is 10.5. The fourth-order valence-corrected chi connectivity index (χ4v) is 6.18. The van der Waals surface area contributed by atoms with Crippen molar-refractivity contribution in [3.05, 3.63) is 53.3 Å². The van der Waals surface area contributed by atoms with E-state index in [-0.39, 0.29) is 24.3 Å². The smallest absolute Gasteiger partial charge is 0.307 e. The van der Waals surface area contributed by atoms with E-state index in [9.17, 15) is 14.0 Å². The average Bonchev–Trinajstić information content (AvgIpc) is 3.54. The lowest BCUT2D eigenvalue weighted by molar-refractivity contribution is -0.136. The van der Waals surface area contributed by atoms with Gasteiger partial charge in [0.25, 0.3) is 0 Å². The molecule has 0 bridgehead atoms. The third-order valence-electron chi connectivity index (χ3n) is 8.39. The van der Waals surface area contributed by atoms with Gasteiger partial charge >= 0.3 is 5.97 Å². The van der Waals surface area contributed by atoms with Gasteiger partial charge < -0.3 is 15.2 Å². The molecule has 5 rings (SSSR count). The summed E-state index contributed by atoms with van der Waals surface area (Å²) >= 11 is 0. The van der Waals surface area contributed by atoms with E-state index >= 15 is 0 Å². The highest BCUT2D eigenvalue weighted by atomic mass is 19.1. The molecule has 6 heteroatoms. The van der Waals surface area contributed by atoms with Gasteiger partial charge in [0.1, 0.15) is 17.3 Å². The number of Topliss-reactive ketones (excluding diaryl/α,β-unsaturated/α-hetero) is 1. The normalized spacial score (nSPS) is 20.2. The summed E-state index contributed by atoms with van der Waals surface area (Å²) < 4.78 is 20.7. The van der Waals surface area contributed by atoms with Crippen molar-refractivity contribution in [3.8, 4) is 16.9 Å². The topological polar surface area (TPSA) is 75.6 Å². The van der Waals surface area contributed by atoms with E-state index < -0.39 is 5.97 Å². The highest BCUT2D eigenvalue weighted by molar-refractivity contribution is 5.81. The van der Waals surface area contributed by atoms with Gasteiger partial charge in [-0.3, -0.25) is 9.59 Å². The van der Waals surface area contributed by atoms with Gasteiger partial charge in [-0.2, -0.15) is 0 Å². The number of carbonyl (C=O) groups excluding carboxylic acids is 1. The lowest BCUT2D eigenvalue weighted by Gasteiger charge is -2.38. The van der Waals surface area contributed by atoms with Gasteiger partial charge in [-0.1, -0.05) is 39.0 Å². The minimum atomic E-state index is -0.885. The van der Waals surface area contributed by atoms with Crippen molar-refractivity contribution in [1.82, 2.24) is 5.32 Å². The molecule has 206 valence electrons. The quantitative estimate of drug-likeness (QED) is 0.387. The van der Waals surface area contributed by atoms with E-state index in [0.29, 0.717) is 40.5 Å². The van der Waals surface area contributed by atoms with Crippen molar-refractivity contribution in [1.29, 1.82) is 0 Å². The Kier molecular flexibility index (Phi) is 9.24. The molecule has 2 aliphatic carbocycles. The summed E-state index contributed by atoms with van der Waals surface area (Å²) in [5.74, 6) is 0.366. The van der Waals surface area contributed by atoms with E-state index in [1.807, 2.05) is 39.0 Å². The predicted octanol–water partition coefficient (Wildman–Crippen LogP) is 7.06. The van der Waals surface area contributed by atoms with Crippen LogP contribution in [0.1, 0.15) is 95.6 Å². The van der Waals surface area contributed by atoms with Crippen molar-refractivity contribution in [2.75, 3.05) is 6.54 Å². The van der Waals surface area contributed by atoms with Gasteiger partial charge in [-0.25, -0.2) is 4.39 Å². The van der Waals surface area contributed by atoms with Gasteiger partial charge in [0.05, 0.1) is 12.5 Å². The minimum Gasteiger partial charge on any atom is -0.490 e. The first-order chi connectivity index (χ1) is 18.2. The zero-order valence-corrected chi connectivity index (χ0v) is 23.0. The van der Waals surface area contributed by atoms with Crippen LogP contribution in [0.3, 0.4) is 0 Å². The molecule has 0 amide bonds. The van der Waals surface area contributed by atoms with Crippen molar-refractivity contribution < 1.29 is 23.8 Å². The van der Waals surface area contributed by atoms with Crippen LogP contribution in [0.5, 0.6) is 5.75 Å². The van der Waals surface area contributed by atoms with E-state index in [1.54, 1.807) is 12.1 Å². The molecule has 0 radical (unpaired) electrons. The highest BCUT2D eigenvalue weighted by Crippen LogP contribution is 2.41. The molecule has 2 aromatic carbocycles. The van der Waals surface area contributed by atoms with Gasteiger partial charge in [-0.15, -0.1) is 0 Å². The maximum Gasteiger partial charge on any atom is 0.307 e. The van der Waals surface area contributed by atoms with Crippen LogP contribution in [0.2, 0.25) is 0 Å². The molecule has 3 aliphatic rings. The lowest BCUT2D eigenvalue weighted by Crippen LogP contribution is -2.45. The number of aliphatic carboxylic acids is 1. The maximum atomic E-state index is 14.5. The van der Waals surface area contributed by atoms with Crippen molar-refractivity contribution >= 4 is 11.8 Å². The number of hydrogen-bond acceptors (Lipinski definition) is 4. The van der Waals surface area contributed by atoms with Gasteiger partial charge in [0.15, 0.2) is 0 Å². The molecule has 2 saturated carbocycles. The van der Waals surface area contributed by atoms with Crippen LogP contribution in [0.4, 0.5) is 4.39 Å². The van der Waals surface area contributed by atoms with Crippen molar-refractivity contribution in [2.24, 2.45) is 5.92 Å². The fourth-order valence-electron chi connectivity index (χ4n) is 6.18. The van der Waals surface area contributed by atoms with Crippen molar-refractivity contribution in [2.45, 2.75) is 103 Å². The number of ether oxygens (including phenoxy) is 1. The summed E-state index contributed by atoms with van der Waals surface area (Å²) in [5.41, 5.74) is 3.27. The van der Waals surface area contributed by atoms with Gasteiger partial charge in [0, 0.05) is 30.0 Å². The summed E-state index contributed by atoms with van der Waals surface area (Å²) in [6.07, 6.45) is 10.2. The molecule has 2 N–H and O–H groups in total. The molecule has 0 aromatic heterocycles. The van der Waals surface area contributed by atoms with Gasteiger partial charge in [0.2, 0.25) is 0 Å². The SMILES string of the molecule is CC(C)c1c(F)cccc1-c1cc(CC(=O)O)ccc1OC1CCCC1.CCC(=O)C1CNC2(CCC2)C1. The molecule has 5 nitrogen and oxygen atoms in total. The van der Waals surface area contributed by atoms with E-state index in [2.05, 4.69) is 5.32 Å². The first-order valence-corrected chi connectivity index (χ1v) is 14.3. The molecular formula is C32H42FNO4. The summed E-state index contributed by atoms with van der Waals surface area (Å²) in [7, 11) is 0. The second-order valence-corrected chi connectivity index (χ2v) is 11.5. The van der Waals surface area contributed by atoms with Crippen molar-refractivity contribution in [3.63, 3.8) is 0 Å². The molecule has 1 heterocycles. The van der Waals surface area contributed by atoms with Crippen LogP contribution in [-0.2, 0) is 16.0 Å². The molecular weight excluding hydrogens is 481 g/mol. The Morgan fingerprint density at radius 3 is 2.42 bits per heavy atom. The third kappa shape index (κ3) is 6.63. The third-order valence-corrected chi connectivity index (χ3v) is 8.39. The number of carboxylic acid groups (broad SMARTS) is 1. The Hall–Kier alpha value is -2.73. The van der Waals surface area contributed by atoms with Crippen LogP contribution in [0.15, 0.2) is 36.4 Å². The lowest BCUT2D eigenvalue weighted by atomic mass is 9.74. The molecule has 1 spiro atoms. The number of benzene rings is 2. The Balaban J connectivity index is 0.000000232. The standard InChI is InChI=1S/C22H25FO3.C10H17NO/c1-14(2)22-17(8-5-9-19(22)23)18-12-15(13-21(24)25)10-11-20(18)26-16-6-3-4-7-16;1-2-9(12)8-6-10(11-7-8)4-3-5-10/h5,8-12,14,16H,3-4,6-7,13H2,1-2H3,(H,24,25);8,11H,2-7H2,1H3. The summed E-state index contributed by atoms with van der Waals surface area (Å²) in [5, 5.41) is 12.6. The van der Waals surface area contributed by atoms with E-state index in [0.717, 1.165) is 49.8 Å². The predicted molar refractivity (Wildman–Crippen MR) is 148 cm³/mol. The monoisotopic (exact) mass is 523 g/mol. The van der Waals surface area contributed by atoms with Crippen LogP contribution in [0, 0.1) is 11.7 Å². The maximum absolute atomic E-state index is 14.5. The van der Waals surface area contributed by atoms with Gasteiger partial charge in [-0.05, 0) is 92.2 Å². The summed E-state index contributed by atoms with van der Waals surface area (Å²) in [6.45, 7) is 6.82. The second-order valence-electron chi connectivity index (χ2n) is 11.5. The first-order valence-electron chi connectivity index (χ1n) is 14.3. The number of carbonyl (C=O) groups is 2. The largest absolute Gasteiger partial charge is 0.490 e. The number of carboxylic acids is 1. The Morgan fingerprint density at radius 2 is 1.84 bits per heavy atom. The van der Waals surface area contributed by atoms with E-state index in [4.69, 9.17) is 9.84 Å². The van der Waals surface area contributed by atoms with Crippen LogP contribution < -0.4 is 10.1 Å². The molecule has 2 aromatic rings. The molecule has 38 heavy (non-hydrogen) atoms. The molecule has 1 unspecified atom stereocenters. The van der Waals surface area contributed by atoms with Crippen LogP contribution in [-0.4, -0.2) is 35.0 Å². The molecule has 1 saturated heterocycles. The van der Waals surface area contributed by atoms with E-state index in [1.165, 1.54) is 25.3 Å². The van der Waals surface area contributed by atoms with Crippen LogP contribution in [0.25, 0.3) is 11.1 Å². The fraction of sp³-hybridized carbons (Fsp3) is 0.562. The molecule has 1 atom stereocenters. The average molecular weight is 524 g/mol. The van der Waals surface area contributed by atoms with Crippen LogP contribution >= 0.6 is 0 Å². The number of hydrogen-bond donors (Lipinski definition) is 2. The Labute approximate surface area is 226 Å². The zero-order chi connectivity index (χ0) is 27.3. The Bertz CT molecular complexity index is 1130. The molecule has 3 fully saturated rings. The first kappa shape index (κ1) is 28.3. The summed E-state index contributed by atoms with van der Waals surface area (Å²) in [4.78, 5) is 22.5. The Morgan fingerprint density at radius 1 is 1.11 bits per heavy atom. The number of nitrogens with one attached hydrogen (secondary N) is 1.